The summed E-state index contributed by atoms with van der Waals surface area (Å²) < 4.78 is 0. The SMILES string of the molecule is CN1CC2(CCN(C(=O)c3ccn[nH]3)CC2)CC1=O. The number of hydrogen-bond donors (Lipinski definition) is 1. The molecular formula is C13H18N4O2. The van der Waals surface area contributed by atoms with E-state index in [1.165, 1.54) is 0 Å². The maximum absolute atomic E-state index is 12.2. The molecule has 19 heavy (non-hydrogen) atoms. The minimum Gasteiger partial charge on any atom is -0.345 e. The zero-order valence-electron chi connectivity index (χ0n) is 11.1. The zero-order chi connectivity index (χ0) is 13.5. The number of aromatic amines is 1. The van der Waals surface area contributed by atoms with Crippen LogP contribution in [0.2, 0.25) is 0 Å². The second-order valence-corrected chi connectivity index (χ2v) is 5.69. The van der Waals surface area contributed by atoms with Gasteiger partial charge in [-0.25, -0.2) is 0 Å². The second-order valence-electron chi connectivity index (χ2n) is 5.69. The number of likely N-dealkylation sites (tertiary alicyclic amines) is 2. The van der Waals surface area contributed by atoms with Crippen LogP contribution < -0.4 is 0 Å². The summed E-state index contributed by atoms with van der Waals surface area (Å²) >= 11 is 0. The van der Waals surface area contributed by atoms with Gasteiger partial charge in [0.2, 0.25) is 5.91 Å². The van der Waals surface area contributed by atoms with Crippen molar-refractivity contribution in [3.05, 3.63) is 18.0 Å². The number of aromatic nitrogens is 2. The molecule has 0 aromatic carbocycles. The van der Waals surface area contributed by atoms with Crippen LogP contribution in [0.4, 0.5) is 0 Å². The van der Waals surface area contributed by atoms with E-state index < -0.39 is 0 Å². The summed E-state index contributed by atoms with van der Waals surface area (Å²) in [5.41, 5.74) is 0.631. The first-order valence-corrected chi connectivity index (χ1v) is 6.62. The van der Waals surface area contributed by atoms with Crippen LogP contribution >= 0.6 is 0 Å². The first-order valence-electron chi connectivity index (χ1n) is 6.62. The summed E-state index contributed by atoms with van der Waals surface area (Å²) in [6.45, 7) is 2.27. The Hall–Kier alpha value is -1.85. The molecule has 0 atom stereocenters. The molecule has 3 heterocycles. The Kier molecular flexibility index (Phi) is 2.80. The van der Waals surface area contributed by atoms with Crippen molar-refractivity contribution in [1.29, 1.82) is 0 Å². The second kappa shape index (κ2) is 4.36. The molecule has 2 amide bonds. The molecule has 0 unspecified atom stereocenters. The smallest absolute Gasteiger partial charge is 0.271 e. The first kappa shape index (κ1) is 12.2. The monoisotopic (exact) mass is 262 g/mol. The predicted molar refractivity (Wildman–Crippen MR) is 68.4 cm³/mol. The lowest BCUT2D eigenvalue weighted by Crippen LogP contribution is -2.44. The molecule has 102 valence electrons. The highest BCUT2D eigenvalue weighted by Gasteiger charge is 2.44. The average Bonchev–Trinajstić information content (AvgIpc) is 3.00. The third-order valence-corrected chi connectivity index (χ3v) is 4.37. The molecule has 2 saturated heterocycles. The van der Waals surface area contributed by atoms with E-state index in [1.807, 2.05) is 16.8 Å². The quantitative estimate of drug-likeness (QED) is 0.801. The van der Waals surface area contributed by atoms with Crippen molar-refractivity contribution in [2.24, 2.45) is 5.41 Å². The molecule has 1 aromatic rings. The Labute approximate surface area is 111 Å². The third kappa shape index (κ3) is 2.11. The van der Waals surface area contributed by atoms with Gasteiger partial charge in [0.05, 0.1) is 0 Å². The van der Waals surface area contributed by atoms with Gasteiger partial charge >= 0.3 is 0 Å². The summed E-state index contributed by atoms with van der Waals surface area (Å²) in [7, 11) is 1.86. The lowest BCUT2D eigenvalue weighted by Gasteiger charge is -2.38. The normalized spacial score (nSPS) is 22.3. The number of H-pyrrole nitrogens is 1. The summed E-state index contributed by atoms with van der Waals surface area (Å²) in [5, 5.41) is 6.51. The fourth-order valence-electron chi connectivity index (χ4n) is 3.17. The number of rotatable bonds is 1. The topological polar surface area (TPSA) is 69.3 Å². The van der Waals surface area contributed by atoms with Gasteiger partial charge in [-0.05, 0) is 18.9 Å². The van der Waals surface area contributed by atoms with Crippen molar-refractivity contribution in [3.63, 3.8) is 0 Å². The van der Waals surface area contributed by atoms with Gasteiger partial charge in [0, 0.05) is 44.7 Å². The first-order chi connectivity index (χ1) is 9.10. The molecule has 2 fully saturated rings. The van der Waals surface area contributed by atoms with E-state index in [9.17, 15) is 9.59 Å². The van der Waals surface area contributed by atoms with E-state index in [2.05, 4.69) is 10.2 Å². The van der Waals surface area contributed by atoms with Gasteiger partial charge in [-0.3, -0.25) is 14.7 Å². The Morgan fingerprint density at radius 3 is 2.68 bits per heavy atom. The third-order valence-electron chi connectivity index (χ3n) is 4.37. The molecule has 0 aliphatic carbocycles. The Morgan fingerprint density at radius 1 is 1.42 bits per heavy atom. The van der Waals surface area contributed by atoms with Gasteiger partial charge in [0.25, 0.3) is 5.91 Å². The van der Waals surface area contributed by atoms with E-state index in [1.54, 1.807) is 12.3 Å². The van der Waals surface area contributed by atoms with E-state index in [4.69, 9.17) is 0 Å². The molecule has 2 aliphatic rings. The lowest BCUT2D eigenvalue weighted by molar-refractivity contribution is -0.126. The molecule has 1 N–H and O–H groups in total. The van der Waals surface area contributed by atoms with Crippen LogP contribution in [0.3, 0.4) is 0 Å². The van der Waals surface area contributed by atoms with Crippen LogP contribution in [0.1, 0.15) is 29.8 Å². The number of hydrogen-bond acceptors (Lipinski definition) is 3. The fourth-order valence-corrected chi connectivity index (χ4v) is 3.17. The van der Waals surface area contributed by atoms with Crippen molar-refractivity contribution in [1.82, 2.24) is 20.0 Å². The largest absolute Gasteiger partial charge is 0.345 e. The molecule has 1 aromatic heterocycles. The van der Waals surface area contributed by atoms with Crippen LogP contribution in [0, 0.1) is 5.41 Å². The number of nitrogens with one attached hydrogen (secondary N) is 1. The summed E-state index contributed by atoms with van der Waals surface area (Å²) in [6.07, 6.45) is 4.03. The molecule has 0 saturated carbocycles. The Bertz CT molecular complexity index is 489. The molecule has 0 radical (unpaired) electrons. The summed E-state index contributed by atoms with van der Waals surface area (Å²) in [4.78, 5) is 27.5. The van der Waals surface area contributed by atoms with Crippen molar-refractivity contribution < 1.29 is 9.59 Å². The Balaban J connectivity index is 1.64. The van der Waals surface area contributed by atoms with Crippen LogP contribution in [0.25, 0.3) is 0 Å². The van der Waals surface area contributed by atoms with Gasteiger partial charge in [0.15, 0.2) is 0 Å². The number of piperidine rings is 1. The minimum absolute atomic E-state index is 0.00466. The summed E-state index contributed by atoms with van der Waals surface area (Å²) in [5.74, 6) is 0.235. The highest BCUT2D eigenvalue weighted by Crippen LogP contribution is 2.40. The zero-order valence-corrected chi connectivity index (χ0v) is 11.1. The lowest BCUT2D eigenvalue weighted by atomic mass is 9.77. The van der Waals surface area contributed by atoms with E-state index in [-0.39, 0.29) is 17.2 Å². The van der Waals surface area contributed by atoms with Crippen molar-refractivity contribution in [2.45, 2.75) is 19.3 Å². The summed E-state index contributed by atoms with van der Waals surface area (Å²) in [6, 6.07) is 1.69. The van der Waals surface area contributed by atoms with Crippen LogP contribution in [0.15, 0.2) is 12.3 Å². The standard InChI is InChI=1S/C13H18N4O2/c1-16-9-13(8-11(16)18)3-6-17(7-4-13)12(19)10-2-5-14-15-10/h2,5H,3-4,6-9H2,1H3,(H,14,15). The van der Waals surface area contributed by atoms with Crippen molar-refractivity contribution in [3.8, 4) is 0 Å². The van der Waals surface area contributed by atoms with E-state index >= 15 is 0 Å². The molecular weight excluding hydrogens is 244 g/mol. The van der Waals surface area contributed by atoms with Crippen molar-refractivity contribution in [2.75, 3.05) is 26.7 Å². The molecule has 2 aliphatic heterocycles. The van der Waals surface area contributed by atoms with Gasteiger partial charge in [-0.2, -0.15) is 5.10 Å². The van der Waals surface area contributed by atoms with Crippen LogP contribution in [-0.2, 0) is 4.79 Å². The molecule has 6 nitrogen and oxygen atoms in total. The van der Waals surface area contributed by atoms with E-state index in [0.717, 1.165) is 32.5 Å². The van der Waals surface area contributed by atoms with Crippen molar-refractivity contribution >= 4 is 11.8 Å². The number of carbonyl (C=O) groups excluding carboxylic acids is 2. The van der Waals surface area contributed by atoms with E-state index in [0.29, 0.717) is 12.1 Å². The van der Waals surface area contributed by atoms with Crippen LogP contribution in [-0.4, -0.2) is 58.5 Å². The fraction of sp³-hybridized carbons (Fsp3) is 0.615. The highest BCUT2D eigenvalue weighted by molar-refractivity contribution is 5.92. The Morgan fingerprint density at radius 2 is 2.16 bits per heavy atom. The maximum atomic E-state index is 12.2. The van der Waals surface area contributed by atoms with Gasteiger partial charge < -0.3 is 9.80 Å². The number of carbonyl (C=O) groups is 2. The molecule has 0 bridgehead atoms. The maximum Gasteiger partial charge on any atom is 0.271 e. The molecule has 1 spiro atoms. The average molecular weight is 262 g/mol. The van der Waals surface area contributed by atoms with Gasteiger partial charge in [-0.15, -0.1) is 0 Å². The van der Waals surface area contributed by atoms with Gasteiger partial charge in [-0.1, -0.05) is 0 Å². The highest BCUT2D eigenvalue weighted by atomic mass is 16.2. The predicted octanol–water partition coefficient (Wildman–Crippen LogP) is 0.494. The molecule has 3 rings (SSSR count). The van der Waals surface area contributed by atoms with Gasteiger partial charge in [0.1, 0.15) is 5.69 Å². The number of amides is 2. The van der Waals surface area contributed by atoms with Crippen LogP contribution in [0.5, 0.6) is 0 Å². The number of nitrogens with zero attached hydrogens (tertiary/aromatic N) is 3. The molecule has 6 heteroatoms. The minimum atomic E-state index is 0.00466.